The fourth-order valence-corrected chi connectivity index (χ4v) is 0.636. The number of nitrogens with one attached hydrogen (secondary N) is 1. The van der Waals surface area contributed by atoms with E-state index in [0.29, 0.717) is 12.5 Å². The molecule has 4 N–H and O–H groups in total. The number of hydrogen-bond acceptors (Lipinski definition) is 3. The second-order valence-corrected chi connectivity index (χ2v) is 2.73. The number of nitrogens with two attached hydrogens (primary N) is 1. The summed E-state index contributed by atoms with van der Waals surface area (Å²) < 4.78 is 3.94. The summed E-state index contributed by atoms with van der Waals surface area (Å²) >= 11 is 0. The first-order valence-corrected chi connectivity index (χ1v) is 4.10. The number of rotatable bonds is 3. The molecule has 1 rings (SSSR count). The monoisotopic (exact) mass is 202 g/mol. The SMILES string of the molecule is C=COC(N)=O.O=C(O)NCC1CC1. The van der Waals surface area contributed by atoms with E-state index in [1.165, 1.54) is 12.8 Å². The largest absolute Gasteiger partial charge is 0.465 e. The highest BCUT2D eigenvalue weighted by atomic mass is 16.5. The Morgan fingerprint density at radius 2 is 2.21 bits per heavy atom. The van der Waals surface area contributed by atoms with E-state index in [0.717, 1.165) is 6.26 Å². The van der Waals surface area contributed by atoms with Gasteiger partial charge in [0.05, 0.1) is 6.26 Å². The summed E-state index contributed by atoms with van der Waals surface area (Å²) in [5.74, 6) is 0.645. The molecule has 1 aliphatic carbocycles. The highest BCUT2D eigenvalue weighted by Crippen LogP contribution is 2.27. The summed E-state index contributed by atoms with van der Waals surface area (Å²) in [5.41, 5.74) is 4.47. The fraction of sp³-hybridized carbons (Fsp3) is 0.500. The summed E-state index contributed by atoms with van der Waals surface area (Å²) in [5, 5.41) is 10.4. The Morgan fingerprint density at radius 3 is 2.43 bits per heavy atom. The zero-order valence-electron chi connectivity index (χ0n) is 7.73. The van der Waals surface area contributed by atoms with Gasteiger partial charge in [0.2, 0.25) is 0 Å². The first-order valence-electron chi connectivity index (χ1n) is 4.10. The fourth-order valence-electron chi connectivity index (χ4n) is 0.636. The molecule has 0 atom stereocenters. The lowest BCUT2D eigenvalue weighted by Gasteiger charge is -1.93. The molecule has 0 radical (unpaired) electrons. The van der Waals surface area contributed by atoms with Gasteiger partial charge in [-0.2, -0.15) is 0 Å². The number of carbonyl (C=O) groups is 2. The number of carbonyl (C=O) groups excluding carboxylic acids is 1. The first kappa shape index (κ1) is 12.3. The van der Waals surface area contributed by atoms with Crippen molar-refractivity contribution in [3.8, 4) is 0 Å². The average molecular weight is 202 g/mol. The van der Waals surface area contributed by atoms with Crippen LogP contribution in [0.1, 0.15) is 12.8 Å². The molecular weight excluding hydrogens is 188 g/mol. The maximum Gasteiger partial charge on any atom is 0.409 e. The van der Waals surface area contributed by atoms with Crippen molar-refractivity contribution >= 4 is 12.2 Å². The summed E-state index contributed by atoms with van der Waals surface area (Å²) in [6, 6.07) is 0. The molecule has 6 nitrogen and oxygen atoms in total. The van der Waals surface area contributed by atoms with Gasteiger partial charge in [0, 0.05) is 6.54 Å². The summed E-state index contributed by atoms with van der Waals surface area (Å²) in [6.45, 7) is 3.73. The Hall–Kier alpha value is -1.72. The number of hydrogen-bond donors (Lipinski definition) is 3. The van der Waals surface area contributed by atoms with Crippen LogP contribution in [0, 0.1) is 5.92 Å². The molecule has 1 saturated carbocycles. The van der Waals surface area contributed by atoms with Crippen molar-refractivity contribution in [3.05, 3.63) is 12.8 Å². The Balaban J connectivity index is 0.000000255. The number of ether oxygens (including phenoxy) is 1. The molecule has 0 bridgehead atoms. The molecule has 0 aromatic rings. The molecule has 0 saturated heterocycles. The van der Waals surface area contributed by atoms with Gasteiger partial charge < -0.3 is 20.9 Å². The number of amides is 2. The summed E-state index contributed by atoms with van der Waals surface area (Å²) in [7, 11) is 0. The van der Waals surface area contributed by atoms with Gasteiger partial charge in [0.25, 0.3) is 0 Å². The Labute approximate surface area is 81.7 Å². The highest BCUT2D eigenvalue weighted by molar-refractivity contribution is 5.65. The minimum atomic E-state index is -0.906. The van der Waals surface area contributed by atoms with Crippen molar-refractivity contribution in [2.45, 2.75) is 12.8 Å². The van der Waals surface area contributed by atoms with E-state index in [1.807, 2.05) is 0 Å². The predicted octanol–water partition coefficient (Wildman–Crippen LogP) is 0.889. The van der Waals surface area contributed by atoms with Gasteiger partial charge in [-0.05, 0) is 18.8 Å². The second-order valence-electron chi connectivity index (χ2n) is 2.73. The van der Waals surface area contributed by atoms with Crippen LogP contribution in [-0.2, 0) is 4.74 Å². The molecule has 0 aliphatic heterocycles. The third-order valence-electron chi connectivity index (χ3n) is 1.44. The number of primary amides is 1. The van der Waals surface area contributed by atoms with Gasteiger partial charge >= 0.3 is 12.2 Å². The normalized spacial score (nSPS) is 13.1. The topological polar surface area (TPSA) is 102 Å². The lowest BCUT2D eigenvalue weighted by Crippen LogP contribution is -2.22. The van der Waals surface area contributed by atoms with Crippen LogP contribution >= 0.6 is 0 Å². The summed E-state index contributed by atoms with van der Waals surface area (Å²) in [4.78, 5) is 19.3. The Bertz CT molecular complexity index is 213. The number of carboxylic acid groups (broad SMARTS) is 1. The van der Waals surface area contributed by atoms with E-state index in [9.17, 15) is 9.59 Å². The average Bonchev–Trinajstić information content (AvgIpc) is 2.84. The van der Waals surface area contributed by atoms with Crippen molar-refractivity contribution < 1.29 is 19.4 Å². The van der Waals surface area contributed by atoms with Crippen LogP contribution in [0.4, 0.5) is 9.59 Å². The van der Waals surface area contributed by atoms with Crippen LogP contribution in [0.25, 0.3) is 0 Å². The quantitative estimate of drug-likeness (QED) is 0.591. The molecule has 2 amide bonds. The molecule has 0 aromatic carbocycles. The van der Waals surface area contributed by atoms with Gasteiger partial charge in [-0.15, -0.1) is 0 Å². The maximum absolute atomic E-state index is 9.82. The minimum absolute atomic E-state index is 0.645. The standard InChI is InChI=1S/C5H9NO2.C3H5NO2/c7-5(8)6-3-4-1-2-4;1-2-6-3(4)5/h4,6H,1-3H2,(H,7,8);2H,1H2,(H2,4,5). The van der Waals surface area contributed by atoms with E-state index in [1.54, 1.807) is 0 Å². The lowest BCUT2D eigenvalue weighted by atomic mass is 10.4. The van der Waals surface area contributed by atoms with E-state index in [2.05, 4.69) is 22.4 Å². The van der Waals surface area contributed by atoms with Gasteiger partial charge in [-0.1, -0.05) is 6.58 Å². The van der Waals surface area contributed by atoms with Crippen LogP contribution in [0.15, 0.2) is 12.8 Å². The van der Waals surface area contributed by atoms with Gasteiger partial charge in [-0.25, -0.2) is 9.59 Å². The van der Waals surface area contributed by atoms with Crippen LogP contribution in [0.3, 0.4) is 0 Å². The zero-order chi connectivity index (χ0) is 11.0. The molecule has 0 heterocycles. The third-order valence-corrected chi connectivity index (χ3v) is 1.44. The second kappa shape index (κ2) is 6.76. The van der Waals surface area contributed by atoms with Gasteiger partial charge in [0.15, 0.2) is 0 Å². The maximum atomic E-state index is 9.82. The smallest absolute Gasteiger partial charge is 0.409 e. The van der Waals surface area contributed by atoms with E-state index < -0.39 is 12.2 Å². The zero-order valence-corrected chi connectivity index (χ0v) is 7.73. The van der Waals surface area contributed by atoms with Gasteiger partial charge in [0.1, 0.15) is 0 Å². The lowest BCUT2D eigenvalue weighted by molar-refractivity contribution is 0.193. The molecule has 0 spiro atoms. The van der Waals surface area contributed by atoms with Crippen molar-refractivity contribution in [1.82, 2.24) is 5.32 Å². The van der Waals surface area contributed by atoms with Crippen LogP contribution in [0.5, 0.6) is 0 Å². The molecule has 6 heteroatoms. The van der Waals surface area contributed by atoms with E-state index in [-0.39, 0.29) is 0 Å². The molecule has 1 aliphatic rings. The summed E-state index contributed by atoms with van der Waals surface area (Å²) in [6.07, 6.45) is 1.63. The van der Waals surface area contributed by atoms with E-state index in [4.69, 9.17) is 5.11 Å². The van der Waals surface area contributed by atoms with Crippen molar-refractivity contribution in [2.24, 2.45) is 11.7 Å². The minimum Gasteiger partial charge on any atom is -0.465 e. The van der Waals surface area contributed by atoms with Crippen molar-refractivity contribution in [1.29, 1.82) is 0 Å². The van der Waals surface area contributed by atoms with Crippen LogP contribution in [-0.4, -0.2) is 23.8 Å². The van der Waals surface area contributed by atoms with Gasteiger partial charge in [-0.3, -0.25) is 0 Å². The third kappa shape index (κ3) is 10.3. The molecular formula is C8H14N2O4. The van der Waals surface area contributed by atoms with Crippen molar-refractivity contribution in [3.63, 3.8) is 0 Å². The van der Waals surface area contributed by atoms with Crippen LogP contribution < -0.4 is 11.1 Å². The van der Waals surface area contributed by atoms with Crippen LogP contribution in [0.2, 0.25) is 0 Å². The Kier molecular flexibility index (Phi) is 5.93. The molecule has 1 fully saturated rings. The molecule has 14 heavy (non-hydrogen) atoms. The predicted molar refractivity (Wildman–Crippen MR) is 49.6 cm³/mol. The van der Waals surface area contributed by atoms with Crippen molar-refractivity contribution in [2.75, 3.05) is 6.54 Å². The highest BCUT2D eigenvalue weighted by Gasteiger charge is 2.21. The molecule has 0 unspecified atom stereocenters. The Morgan fingerprint density at radius 1 is 1.64 bits per heavy atom. The molecule has 0 aromatic heterocycles. The molecule has 80 valence electrons. The van der Waals surface area contributed by atoms with E-state index >= 15 is 0 Å². The first-order chi connectivity index (χ1) is 6.56.